The number of aromatic nitrogens is 1. The number of nitrogens with one attached hydrogen (secondary N) is 2. The van der Waals surface area contributed by atoms with Crippen molar-refractivity contribution in [2.75, 3.05) is 20.8 Å². The molecule has 134 valence electrons. The first-order valence-electron chi connectivity index (χ1n) is 8.43. The van der Waals surface area contributed by atoms with Crippen LogP contribution in [0.5, 0.6) is 11.5 Å². The molecule has 0 atom stereocenters. The summed E-state index contributed by atoms with van der Waals surface area (Å²) in [4.78, 5) is 15.2. The van der Waals surface area contributed by atoms with Gasteiger partial charge in [0.2, 0.25) is 5.91 Å². The summed E-state index contributed by atoms with van der Waals surface area (Å²) in [5.74, 6) is 1.50. The van der Waals surface area contributed by atoms with Gasteiger partial charge in [0.25, 0.3) is 0 Å². The highest BCUT2D eigenvalue weighted by Crippen LogP contribution is 2.23. The Balaban J connectivity index is 1.54. The van der Waals surface area contributed by atoms with Gasteiger partial charge in [0.15, 0.2) is 0 Å². The number of carbonyl (C=O) groups excluding carboxylic acids is 1. The number of methoxy groups -OCH3 is 2. The first-order chi connectivity index (χ1) is 12.7. The highest BCUT2D eigenvalue weighted by atomic mass is 16.5. The molecule has 0 saturated heterocycles. The summed E-state index contributed by atoms with van der Waals surface area (Å²) in [6.45, 7) is 0.565. The summed E-state index contributed by atoms with van der Waals surface area (Å²) < 4.78 is 10.4. The molecule has 0 aliphatic carbocycles. The maximum atomic E-state index is 12.0. The minimum atomic E-state index is -0.113. The van der Waals surface area contributed by atoms with Gasteiger partial charge >= 0.3 is 0 Å². The molecule has 1 heterocycles. The third kappa shape index (κ3) is 4.25. The molecule has 1 aromatic heterocycles. The predicted octanol–water partition coefficient (Wildman–Crippen LogP) is 3.56. The van der Waals surface area contributed by atoms with E-state index >= 15 is 0 Å². The molecular formula is C21H22N2O3. The average molecular weight is 350 g/mol. The van der Waals surface area contributed by atoms with Gasteiger partial charge < -0.3 is 19.8 Å². The van der Waals surface area contributed by atoms with E-state index in [9.17, 15) is 4.79 Å². The zero-order chi connectivity index (χ0) is 18.4. The number of carbonyl (C=O) groups is 1. The monoisotopic (exact) mass is 350 g/mol. The van der Waals surface area contributed by atoms with Gasteiger partial charge in [-0.15, -0.1) is 0 Å². The maximum absolute atomic E-state index is 12.0. The third-order valence-corrected chi connectivity index (χ3v) is 4.21. The smallest absolute Gasteiger partial charge is 0.244 e. The summed E-state index contributed by atoms with van der Waals surface area (Å²) >= 11 is 0. The van der Waals surface area contributed by atoms with E-state index in [1.807, 2.05) is 48.7 Å². The largest absolute Gasteiger partial charge is 0.497 e. The molecule has 2 aromatic carbocycles. The van der Waals surface area contributed by atoms with Crippen LogP contribution in [0.4, 0.5) is 0 Å². The zero-order valence-electron chi connectivity index (χ0n) is 14.9. The van der Waals surface area contributed by atoms with Crippen molar-refractivity contribution in [3.05, 3.63) is 65.9 Å². The number of rotatable bonds is 7. The topological polar surface area (TPSA) is 63.3 Å². The Labute approximate surface area is 152 Å². The van der Waals surface area contributed by atoms with Crippen molar-refractivity contribution in [3.8, 4) is 11.5 Å². The van der Waals surface area contributed by atoms with Crippen LogP contribution in [0.15, 0.2) is 54.7 Å². The van der Waals surface area contributed by atoms with E-state index < -0.39 is 0 Å². The molecule has 3 aromatic rings. The molecule has 0 unspecified atom stereocenters. The first kappa shape index (κ1) is 17.6. The lowest BCUT2D eigenvalue weighted by molar-refractivity contribution is -0.116. The van der Waals surface area contributed by atoms with Crippen LogP contribution in [0, 0.1) is 0 Å². The van der Waals surface area contributed by atoms with Gasteiger partial charge in [-0.1, -0.05) is 12.1 Å². The van der Waals surface area contributed by atoms with Crippen molar-refractivity contribution >= 4 is 22.9 Å². The maximum Gasteiger partial charge on any atom is 0.244 e. The summed E-state index contributed by atoms with van der Waals surface area (Å²) in [6.07, 6.45) is 6.05. The van der Waals surface area contributed by atoms with Crippen LogP contribution < -0.4 is 14.8 Å². The second-order valence-electron chi connectivity index (χ2n) is 5.87. The lowest BCUT2D eigenvalue weighted by Gasteiger charge is -2.03. The Hall–Kier alpha value is -3.21. The third-order valence-electron chi connectivity index (χ3n) is 4.21. The quantitative estimate of drug-likeness (QED) is 0.641. The number of hydrogen-bond acceptors (Lipinski definition) is 3. The molecule has 0 saturated carbocycles. The van der Waals surface area contributed by atoms with E-state index in [1.54, 1.807) is 26.4 Å². The highest BCUT2D eigenvalue weighted by Gasteiger charge is 2.05. The number of hydrogen-bond donors (Lipinski definition) is 2. The zero-order valence-corrected chi connectivity index (χ0v) is 14.9. The molecule has 5 heteroatoms. The fourth-order valence-corrected chi connectivity index (χ4v) is 2.76. The van der Waals surface area contributed by atoms with Crippen molar-refractivity contribution in [2.24, 2.45) is 0 Å². The van der Waals surface area contributed by atoms with Gasteiger partial charge in [-0.05, 0) is 54.0 Å². The van der Waals surface area contributed by atoms with Gasteiger partial charge in [0.1, 0.15) is 11.5 Å². The first-order valence-corrected chi connectivity index (χ1v) is 8.43. The van der Waals surface area contributed by atoms with E-state index in [0.29, 0.717) is 6.54 Å². The lowest BCUT2D eigenvalue weighted by Crippen LogP contribution is -2.23. The van der Waals surface area contributed by atoms with Crippen molar-refractivity contribution < 1.29 is 14.3 Å². The second kappa shape index (κ2) is 8.25. The van der Waals surface area contributed by atoms with Crippen molar-refractivity contribution in [1.82, 2.24) is 10.3 Å². The highest BCUT2D eigenvalue weighted by molar-refractivity contribution is 5.91. The Bertz CT molecular complexity index is 911. The van der Waals surface area contributed by atoms with Crippen LogP contribution in [-0.4, -0.2) is 31.7 Å². The minimum absolute atomic E-state index is 0.113. The Morgan fingerprint density at radius 2 is 1.81 bits per heavy atom. The van der Waals surface area contributed by atoms with Crippen molar-refractivity contribution in [1.29, 1.82) is 0 Å². The molecule has 0 fully saturated rings. The predicted molar refractivity (Wildman–Crippen MR) is 104 cm³/mol. The number of amides is 1. The van der Waals surface area contributed by atoms with Crippen LogP contribution in [-0.2, 0) is 11.2 Å². The van der Waals surface area contributed by atoms with Gasteiger partial charge in [-0.25, -0.2) is 0 Å². The van der Waals surface area contributed by atoms with E-state index in [1.165, 1.54) is 0 Å². The van der Waals surface area contributed by atoms with Crippen LogP contribution >= 0.6 is 0 Å². The van der Waals surface area contributed by atoms with Crippen LogP contribution in [0.25, 0.3) is 17.0 Å². The lowest BCUT2D eigenvalue weighted by atomic mass is 10.1. The average Bonchev–Trinajstić information content (AvgIpc) is 3.09. The Morgan fingerprint density at radius 1 is 1.08 bits per heavy atom. The fourth-order valence-electron chi connectivity index (χ4n) is 2.76. The van der Waals surface area contributed by atoms with E-state index in [4.69, 9.17) is 9.47 Å². The normalized spacial score (nSPS) is 11.0. The standard InChI is InChI=1S/C21H22N2O3/c1-25-17-6-3-15(4-7-17)5-10-21(24)22-12-11-16-14-23-20-9-8-18(26-2)13-19(16)20/h3-10,13-14,23H,11-12H2,1-2H3,(H,22,24)/b10-5+. The van der Waals surface area contributed by atoms with E-state index in [2.05, 4.69) is 10.3 Å². The summed E-state index contributed by atoms with van der Waals surface area (Å²) in [6, 6.07) is 13.5. The SMILES string of the molecule is COc1ccc(/C=C/C(=O)NCCc2c[nH]c3ccc(OC)cc23)cc1. The van der Waals surface area contributed by atoms with E-state index in [-0.39, 0.29) is 5.91 Å². The molecule has 1 amide bonds. The van der Waals surface area contributed by atoms with Crippen molar-refractivity contribution in [2.45, 2.75) is 6.42 Å². The molecule has 5 nitrogen and oxygen atoms in total. The summed E-state index contributed by atoms with van der Waals surface area (Å²) in [7, 11) is 3.28. The molecule has 26 heavy (non-hydrogen) atoms. The second-order valence-corrected chi connectivity index (χ2v) is 5.87. The number of aromatic amines is 1. The van der Waals surface area contributed by atoms with Crippen molar-refractivity contribution in [3.63, 3.8) is 0 Å². The molecule has 0 bridgehead atoms. The Kier molecular flexibility index (Phi) is 5.59. The molecule has 0 spiro atoms. The Morgan fingerprint density at radius 3 is 2.54 bits per heavy atom. The molecule has 2 N–H and O–H groups in total. The number of ether oxygens (including phenoxy) is 2. The number of H-pyrrole nitrogens is 1. The fraction of sp³-hybridized carbons (Fsp3) is 0.190. The van der Waals surface area contributed by atoms with E-state index in [0.717, 1.165) is 39.9 Å². The van der Waals surface area contributed by atoms with Gasteiger partial charge in [0, 0.05) is 29.7 Å². The van der Waals surface area contributed by atoms with Crippen LogP contribution in [0.1, 0.15) is 11.1 Å². The molecule has 0 aliphatic rings. The summed E-state index contributed by atoms with van der Waals surface area (Å²) in [5.41, 5.74) is 3.16. The molecular weight excluding hydrogens is 328 g/mol. The van der Waals surface area contributed by atoms with Crippen LogP contribution in [0.3, 0.4) is 0 Å². The molecule has 0 radical (unpaired) electrons. The van der Waals surface area contributed by atoms with Gasteiger partial charge in [-0.3, -0.25) is 4.79 Å². The van der Waals surface area contributed by atoms with Gasteiger partial charge in [-0.2, -0.15) is 0 Å². The number of benzene rings is 2. The number of fused-ring (bicyclic) bond motifs is 1. The van der Waals surface area contributed by atoms with Crippen LogP contribution in [0.2, 0.25) is 0 Å². The van der Waals surface area contributed by atoms with Gasteiger partial charge in [0.05, 0.1) is 14.2 Å². The summed E-state index contributed by atoms with van der Waals surface area (Å²) in [5, 5.41) is 4.03. The molecule has 0 aliphatic heterocycles. The minimum Gasteiger partial charge on any atom is -0.497 e. The molecule has 3 rings (SSSR count).